The number of nitrogens with one attached hydrogen (secondary N) is 1. The van der Waals surface area contributed by atoms with E-state index in [0.717, 1.165) is 19.4 Å². The van der Waals surface area contributed by atoms with Gasteiger partial charge in [-0.15, -0.1) is 0 Å². The van der Waals surface area contributed by atoms with Crippen molar-refractivity contribution >= 4 is 11.8 Å². The third-order valence-corrected chi connectivity index (χ3v) is 3.36. The maximum atomic E-state index is 12.1. The number of aromatic nitrogens is 1. The van der Waals surface area contributed by atoms with E-state index in [1.54, 1.807) is 18.3 Å². The average Bonchev–Trinajstić information content (AvgIpc) is 2.90. The lowest BCUT2D eigenvalue weighted by molar-refractivity contribution is -0.127. The number of rotatable bonds is 7. The molecule has 2 heterocycles. The van der Waals surface area contributed by atoms with Crippen LogP contribution in [0.1, 0.15) is 36.5 Å². The van der Waals surface area contributed by atoms with Crippen LogP contribution in [0, 0.1) is 0 Å². The molecule has 0 unspecified atom stereocenters. The third kappa shape index (κ3) is 4.18. The van der Waals surface area contributed by atoms with Crippen molar-refractivity contribution in [1.29, 1.82) is 0 Å². The Bertz CT molecular complexity index is 505. The molecule has 2 rings (SSSR count). The number of ether oxygens (including phenoxy) is 1. The van der Waals surface area contributed by atoms with Gasteiger partial charge < -0.3 is 15.0 Å². The van der Waals surface area contributed by atoms with Crippen LogP contribution in [0.4, 0.5) is 0 Å². The lowest BCUT2D eigenvalue weighted by Gasteiger charge is -2.15. The van der Waals surface area contributed by atoms with Crippen LogP contribution in [0.25, 0.3) is 0 Å². The van der Waals surface area contributed by atoms with Crippen molar-refractivity contribution in [3.05, 3.63) is 23.9 Å². The normalized spacial score (nSPS) is 14.3. The van der Waals surface area contributed by atoms with Gasteiger partial charge in [-0.1, -0.05) is 0 Å². The highest BCUT2D eigenvalue weighted by Crippen LogP contribution is 2.14. The third-order valence-electron chi connectivity index (χ3n) is 3.36. The molecule has 6 heteroatoms. The second kappa shape index (κ2) is 7.61. The molecule has 0 spiro atoms. The summed E-state index contributed by atoms with van der Waals surface area (Å²) in [7, 11) is 0. The molecule has 1 aromatic rings. The molecule has 1 aliphatic rings. The van der Waals surface area contributed by atoms with Crippen molar-refractivity contribution in [2.24, 2.45) is 0 Å². The van der Waals surface area contributed by atoms with Gasteiger partial charge in [0.05, 0.1) is 6.61 Å². The number of likely N-dealkylation sites (tertiary alicyclic amines) is 1. The minimum atomic E-state index is -0.195. The number of pyridine rings is 1. The topological polar surface area (TPSA) is 71.5 Å². The van der Waals surface area contributed by atoms with Gasteiger partial charge in [0.1, 0.15) is 5.56 Å². The number of nitrogens with zero attached hydrogens (tertiary/aromatic N) is 2. The number of amides is 2. The molecule has 1 aromatic heterocycles. The van der Waals surface area contributed by atoms with E-state index < -0.39 is 0 Å². The van der Waals surface area contributed by atoms with Crippen molar-refractivity contribution in [2.75, 3.05) is 26.2 Å². The summed E-state index contributed by atoms with van der Waals surface area (Å²) in [6.45, 7) is 4.38. The zero-order chi connectivity index (χ0) is 15.1. The van der Waals surface area contributed by atoms with E-state index in [-0.39, 0.29) is 11.8 Å². The van der Waals surface area contributed by atoms with E-state index in [1.807, 2.05) is 11.8 Å². The Labute approximate surface area is 124 Å². The second-order valence-corrected chi connectivity index (χ2v) is 4.88. The van der Waals surface area contributed by atoms with Gasteiger partial charge in [0.15, 0.2) is 0 Å². The van der Waals surface area contributed by atoms with Gasteiger partial charge in [0.2, 0.25) is 11.8 Å². The summed E-state index contributed by atoms with van der Waals surface area (Å²) >= 11 is 0. The summed E-state index contributed by atoms with van der Waals surface area (Å²) in [5, 5.41) is 2.84. The minimum Gasteiger partial charge on any atom is -0.477 e. The predicted octanol–water partition coefficient (Wildman–Crippen LogP) is 1.22. The smallest absolute Gasteiger partial charge is 0.256 e. The molecule has 0 aliphatic carbocycles. The lowest BCUT2D eigenvalue weighted by atomic mass is 10.2. The van der Waals surface area contributed by atoms with E-state index in [4.69, 9.17) is 4.74 Å². The Balaban J connectivity index is 1.78. The zero-order valence-electron chi connectivity index (χ0n) is 12.3. The summed E-state index contributed by atoms with van der Waals surface area (Å²) in [6, 6.07) is 3.40. The molecule has 1 N–H and O–H groups in total. The molecular weight excluding hydrogens is 270 g/mol. The molecule has 114 valence electrons. The SMILES string of the molecule is CCOc1ncccc1C(=O)NCCCN1CCCC1=O. The monoisotopic (exact) mass is 291 g/mol. The standard InChI is InChI=1S/C15H21N3O3/c1-2-21-15-12(6-3-8-17-15)14(20)16-9-5-11-18-10-4-7-13(18)19/h3,6,8H,2,4-5,7,9-11H2,1H3,(H,16,20). The van der Waals surface area contributed by atoms with Crippen molar-refractivity contribution in [3.8, 4) is 5.88 Å². The fourth-order valence-corrected chi connectivity index (χ4v) is 2.32. The Kier molecular flexibility index (Phi) is 5.54. The summed E-state index contributed by atoms with van der Waals surface area (Å²) in [4.78, 5) is 29.4. The molecule has 1 aliphatic heterocycles. The van der Waals surface area contributed by atoms with Gasteiger partial charge in [0, 0.05) is 32.3 Å². The van der Waals surface area contributed by atoms with Gasteiger partial charge >= 0.3 is 0 Å². The first-order chi connectivity index (χ1) is 10.2. The van der Waals surface area contributed by atoms with Gasteiger partial charge in [-0.3, -0.25) is 9.59 Å². The van der Waals surface area contributed by atoms with Crippen LogP contribution >= 0.6 is 0 Å². The fraction of sp³-hybridized carbons (Fsp3) is 0.533. The highest BCUT2D eigenvalue weighted by Gasteiger charge is 2.19. The summed E-state index contributed by atoms with van der Waals surface area (Å²) in [6.07, 6.45) is 3.95. The van der Waals surface area contributed by atoms with Gasteiger partial charge in [-0.05, 0) is 31.9 Å². The predicted molar refractivity (Wildman–Crippen MR) is 78.2 cm³/mol. The molecule has 0 radical (unpaired) electrons. The number of hydrogen-bond donors (Lipinski definition) is 1. The summed E-state index contributed by atoms with van der Waals surface area (Å²) < 4.78 is 5.33. The Morgan fingerprint density at radius 3 is 3.10 bits per heavy atom. The van der Waals surface area contributed by atoms with Crippen LogP contribution in [0.2, 0.25) is 0 Å². The molecule has 0 bridgehead atoms. The molecule has 1 fully saturated rings. The van der Waals surface area contributed by atoms with E-state index in [2.05, 4.69) is 10.3 Å². The number of carbonyl (C=O) groups is 2. The molecule has 6 nitrogen and oxygen atoms in total. The van der Waals surface area contributed by atoms with E-state index in [0.29, 0.717) is 37.6 Å². The van der Waals surface area contributed by atoms with Gasteiger partial charge in [-0.25, -0.2) is 4.98 Å². The van der Waals surface area contributed by atoms with E-state index >= 15 is 0 Å². The number of hydrogen-bond acceptors (Lipinski definition) is 4. The van der Waals surface area contributed by atoms with Crippen LogP contribution < -0.4 is 10.1 Å². The molecule has 1 saturated heterocycles. The van der Waals surface area contributed by atoms with Crippen LogP contribution in [-0.2, 0) is 4.79 Å². The van der Waals surface area contributed by atoms with Crippen molar-refractivity contribution in [1.82, 2.24) is 15.2 Å². The average molecular weight is 291 g/mol. The van der Waals surface area contributed by atoms with Crippen LogP contribution in [-0.4, -0.2) is 47.9 Å². The first kappa shape index (κ1) is 15.3. The molecular formula is C15H21N3O3. The van der Waals surface area contributed by atoms with E-state index in [1.165, 1.54) is 0 Å². The number of carbonyl (C=O) groups excluding carboxylic acids is 2. The van der Waals surface area contributed by atoms with Crippen LogP contribution in [0.5, 0.6) is 5.88 Å². The fourth-order valence-electron chi connectivity index (χ4n) is 2.32. The molecule has 0 atom stereocenters. The Morgan fingerprint density at radius 2 is 2.38 bits per heavy atom. The second-order valence-electron chi connectivity index (χ2n) is 4.88. The Morgan fingerprint density at radius 1 is 1.52 bits per heavy atom. The quantitative estimate of drug-likeness (QED) is 0.767. The van der Waals surface area contributed by atoms with Gasteiger partial charge in [-0.2, -0.15) is 0 Å². The molecule has 21 heavy (non-hydrogen) atoms. The van der Waals surface area contributed by atoms with Crippen molar-refractivity contribution < 1.29 is 14.3 Å². The van der Waals surface area contributed by atoms with Crippen LogP contribution in [0.3, 0.4) is 0 Å². The molecule has 2 amide bonds. The van der Waals surface area contributed by atoms with Crippen LogP contribution in [0.15, 0.2) is 18.3 Å². The van der Waals surface area contributed by atoms with E-state index in [9.17, 15) is 9.59 Å². The maximum Gasteiger partial charge on any atom is 0.256 e. The highest BCUT2D eigenvalue weighted by molar-refractivity contribution is 5.96. The van der Waals surface area contributed by atoms with Crippen molar-refractivity contribution in [2.45, 2.75) is 26.2 Å². The van der Waals surface area contributed by atoms with Crippen molar-refractivity contribution in [3.63, 3.8) is 0 Å². The van der Waals surface area contributed by atoms with Gasteiger partial charge in [0.25, 0.3) is 5.91 Å². The minimum absolute atomic E-state index is 0.195. The highest BCUT2D eigenvalue weighted by atomic mass is 16.5. The first-order valence-corrected chi connectivity index (χ1v) is 7.36. The maximum absolute atomic E-state index is 12.1. The molecule has 0 aromatic carbocycles. The lowest BCUT2D eigenvalue weighted by Crippen LogP contribution is -2.30. The molecule has 0 saturated carbocycles. The summed E-state index contributed by atoms with van der Waals surface area (Å²) in [5.41, 5.74) is 0.441. The summed E-state index contributed by atoms with van der Waals surface area (Å²) in [5.74, 6) is 0.374. The largest absolute Gasteiger partial charge is 0.477 e. The Hall–Kier alpha value is -2.11. The first-order valence-electron chi connectivity index (χ1n) is 7.36. The zero-order valence-corrected chi connectivity index (χ0v) is 12.3.